The fourth-order valence-corrected chi connectivity index (χ4v) is 3.51. The SMILES string of the molecule is CSc1cccc(-n2c3c(c(=O)c4cccnc42)CC(C)O3)c1. The molecular formula is C18H16N2O2S. The first kappa shape index (κ1) is 14.3. The first-order chi connectivity index (χ1) is 11.2. The third-order valence-electron chi connectivity index (χ3n) is 4.09. The summed E-state index contributed by atoms with van der Waals surface area (Å²) in [5.41, 5.74) is 2.38. The Bertz CT molecular complexity index is 965. The van der Waals surface area contributed by atoms with E-state index in [1.807, 2.05) is 35.9 Å². The number of ether oxygens (including phenoxy) is 1. The van der Waals surface area contributed by atoms with Crippen LogP contribution in [0.4, 0.5) is 0 Å². The molecule has 4 rings (SSSR count). The molecule has 0 spiro atoms. The summed E-state index contributed by atoms with van der Waals surface area (Å²) in [5, 5.41) is 0.638. The molecule has 1 atom stereocenters. The molecule has 2 aromatic heterocycles. The fraction of sp³-hybridized carbons (Fsp3) is 0.222. The number of thioether (sulfide) groups is 1. The van der Waals surface area contributed by atoms with Crippen LogP contribution < -0.4 is 10.2 Å². The van der Waals surface area contributed by atoms with Crippen LogP contribution in [0.3, 0.4) is 0 Å². The van der Waals surface area contributed by atoms with Crippen molar-refractivity contribution in [2.24, 2.45) is 0 Å². The maximum Gasteiger partial charge on any atom is 0.207 e. The fourth-order valence-electron chi connectivity index (χ4n) is 3.06. The molecule has 1 aromatic carbocycles. The standard InChI is InChI=1S/C18H16N2O2S/c1-11-9-15-16(21)14-7-4-8-19-17(14)20(18(15)22-11)12-5-3-6-13(10-12)23-2/h3-8,10-11H,9H2,1-2H3. The summed E-state index contributed by atoms with van der Waals surface area (Å²) in [5.74, 6) is 0.631. The highest BCUT2D eigenvalue weighted by atomic mass is 32.2. The number of hydrogen-bond donors (Lipinski definition) is 0. The molecule has 3 heterocycles. The van der Waals surface area contributed by atoms with Crippen molar-refractivity contribution in [1.29, 1.82) is 0 Å². The minimum Gasteiger partial charge on any atom is -0.475 e. The molecule has 1 aliphatic rings. The van der Waals surface area contributed by atoms with Gasteiger partial charge in [0.05, 0.1) is 16.6 Å². The number of pyridine rings is 2. The van der Waals surface area contributed by atoms with Crippen molar-refractivity contribution in [3.63, 3.8) is 0 Å². The van der Waals surface area contributed by atoms with E-state index in [1.54, 1.807) is 24.0 Å². The lowest BCUT2D eigenvalue weighted by molar-refractivity contribution is 0.242. The lowest BCUT2D eigenvalue weighted by atomic mass is 10.1. The molecule has 5 heteroatoms. The van der Waals surface area contributed by atoms with Gasteiger partial charge in [-0.1, -0.05) is 6.07 Å². The normalized spacial score (nSPS) is 16.3. The van der Waals surface area contributed by atoms with Crippen LogP contribution >= 0.6 is 11.8 Å². The van der Waals surface area contributed by atoms with Crippen LogP contribution in [0.1, 0.15) is 12.5 Å². The summed E-state index contributed by atoms with van der Waals surface area (Å²) in [7, 11) is 0. The Morgan fingerprint density at radius 3 is 3.00 bits per heavy atom. The van der Waals surface area contributed by atoms with Gasteiger partial charge in [-0.15, -0.1) is 11.8 Å². The first-order valence-corrected chi connectivity index (χ1v) is 8.75. The molecule has 116 valence electrons. The van der Waals surface area contributed by atoms with E-state index in [4.69, 9.17) is 4.74 Å². The maximum atomic E-state index is 12.7. The second kappa shape index (κ2) is 5.42. The van der Waals surface area contributed by atoms with Crippen LogP contribution in [0, 0.1) is 0 Å². The predicted octanol–water partition coefficient (Wildman–Crippen LogP) is 3.43. The van der Waals surface area contributed by atoms with Gasteiger partial charge in [0.25, 0.3) is 0 Å². The van der Waals surface area contributed by atoms with E-state index in [0.29, 0.717) is 23.3 Å². The summed E-state index contributed by atoms with van der Waals surface area (Å²) in [4.78, 5) is 18.3. The van der Waals surface area contributed by atoms with Crippen LogP contribution in [-0.4, -0.2) is 21.9 Å². The van der Waals surface area contributed by atoms with Crippen molar-refractivity contribution in [2.45, 2.75) is 24.3 Å². The number of rotatable bonds is 2. The Labute approximate surface area is 138 Å². The number of benzene rings is 1. The third kappa shape index (κ3) is 2.23. The molecular weight excluding hydrogens is 308 g/mol. The van der Waals surface area contributed by atoms with Gasteiger partial charge in [-0.25, -0.2) is 4.98 Å². The summed E-state index contributed by atoms with van der Waals surface area (Å²) < 4.78 is 7.94. The van der Waals surface area contributed by atoms with Crippen molar-refractivity contribution >= 4 is 22.8 Å². The molecule has 0 N–H and O–H groups in total. The Morgan fingerprint density at radius 2 is 2.17 bits per heavy atom. The largest absolute Gasteiger partial charge is 0.475 e. The van der Waals surface area contributed by atoms with E-state index in [9.17, 15) is 4.79 Å². The molecule has 3 aromatic rings. The molecule has 0 amide bonds. The monoisotopic (exact) mass is 324 g/mol. The minimum atomic E-state index is 0.00416. The van der Waals surface area contributed by atoms with Gasteiger partial charge in [-0.05, 0) is 43.5 Å². The number of aromatic nitrogens is 2. The highest BCUT2D eigenvalue weighted by molar-refractivity contribution is 7.98. The van der Waals surface area contributed by atoms with Crippen molar-refractivity contribution in [3.05, 3.63) is 58.4 Å². The van der Waals surface area contributed by atoms with Gasteiger partial charge < -0.3 is 4.74 Å². The van der Waals surface area contributed by atoms with Crippen LogP contribution in [0.15, 0.2) is 52.3 Å². The molecule has 0 saturated carbocycles. The number of nitrogens with zero attached hydrogens (tertiary/aromatic N) is 2. The predicted molar refractivity (Wildman–Crippen MR) is 92.9 cm³/mol. The highest BCUT2D eigenvalue weighted by Gasteiger charge is 2.28. The molecule has 1 unspecified atom stereocenters. The van der Waals surface area contributed by atoms with Gasteiger partial charge in [0, 0.05) is 17.5 Å². The van der Waals surface area contributed by atoms with E-state index in [1.165, 1.54) is 0 Å². The maximum absolute atomic E-state index is 12.7. The van der Waals surface area contributed by atoms with E-state index in [-0.39, 0.29) is 11.5 Å². The third-order valence-corrected chi connectivity index (χ3v) is 4.82. The molecule has 0 aliphatic carbocycles. The van der Waals surface area contributed by atoms with Crippen molar-refractivity contribution in [1.82, 2.24) is 9.55 Å². The summed E-state index contributed by atoms with van der Waals surface area (Å²) >= 11 is 1.68. The van der Waals surface area contributed by atoms with Crippen LogP contribution in [0.2, 0.25) is 0 Å². The second-order valence-electron chi connectivity index (χ2n) is 5.66. The van der Waals surface area contributed by atoms with Gasteiger partial charge in [-0.3, -0.25) is 9.36 Å². The second-order valence-corrected chi connectivity index (χ2v) is 6.54. The van der Waals surface area contributed by atoms with E-state index in [0.717, 1.165) is 16.1 Å². The average Bonchev–Trinajstić information content (AvgIpc) is 2.97. The zero-order valence-corrected chi connectivity index (χ0v) is 13.8. The molecule has 0 fully saturated rings. The lowest BCUT2D eigenvalue weighted by Gasteiger charge is -2.16. The Hall–Kier alpha value is -2.27. The number of hydrogen-bond acceptors (Lipinski definition) is 4. The van der Waals surface area contributed by atoms with Crippen molar-refractivity contribution in [3.8, 4) is 11.6 Å². The molecule has 0 bridgehead atoms. The van der Waals surface area contributed by atoms with Crippen molar-refractivity contribution in [2.75, 3.05) is 6.26 Å². The van der Waals surface area contributed by atoms with Gasteiger partial charge in [0.1, 0.15) is 6.10 Å². The van der Waals surface area contributed by atoms with Gasteiger partial charge >= 0.3 is 0 Å². The Morgan fingerprint density at radius 1 is 1.30 bits per heavy atom. The number of fused-ring (bicyclic) bond motifs is 2. The molecule has 1 aliphatic heterocycles. The van der Waals surface area contributed by atoms with Crippen LogP contribution in [-0.2, 0) is 6.42 Å². The smallest absolute Gasteiger partial charge is 0.207 e. The Kier molecular flexibility index (Phi) is 3.38. The zero-order chi connectivity index (χ0) is 16.0. The highest BCUT2D eigenvalue weighted by Crippen LogP contribution is 2.33. The Balaban J connectivity index is 2.11. The zero-order valence-electron chi connectivity index (χ0n) is 12.9. The lowest BCUT2D eigenvalue weighted by Crippen LogP contribution is -2.14. The summed E-state index contributed by atoms with van der Waals surface area (Å²) in [6, 6.07) is 11.8. The molecule has 23 heavy (non-hydrogen) atoms. The van der Waals surface area contributed by atoms with Crippen molar-refractivity contribution < 1.29 is 4.74 Å². The average molecular weight is 324 g/mol. The minimum absolute atomic E-state index is 0.00416. The summed E-state index contributed by atoms with van der Waals surface area (Å²) in [6.07, 6.45) is 4.40. The van der Waals surface area contributed by atoms with E-state index >= 15 is 0 Å². The molecule has 0 saturated heterocycles. The van der Waals surface area contributed by atoms with E-state index < -0.39 is 0 Å². The molecule has 4 nitrogen and oxygen atoms in total. The quantitative estimate of drug-likeness (QED) is 0.678. The van der Waals surface area contributed by atoms with Gasteiger partial charge in [-0.2, -0.15) is 0 Å². The molecule has 0 radical (unpaired) electrons. The topological polar surface area (TPSA) is 44.1 Å². The van der Waals surface area contributed by atoms with Crippen LogP contribution in [0.5, 0.6) is 5.88 Å². The van der Waals surface area contributed by atoms with E-state index in [2.05, 4.69) is 17.1 Å². The summed E-state index contributed by atoms with van der Waals surface area (Å²) in [6.45, 7) is 1.99. The van der Waals surface area contributed by atoms with Gasteiger partial charge in [0.15, 0.2) is 11.1 Å². The van der Waals surface area contributed by atoms with Crippen LogP contribution in [0.25, 0.3) is 16.7 Å². The first-order valence-electron chi connectivity index (χ1n) is 7.52. The van der Waals surface area contributed by atoms with Gasteiger partial charge in [0.2, 0.25) is 5.88 Å².